The molecule has 10 heteroatoms. The molecule has 0 spiro atoms. The second-order valence-corrected chi connectivity index (χ2v) is 10.2. The van der Waals surface area contributed by atoms with Crippen LogP contribution in [0.4, 0.5) is 5.69 Å². The molecule has 1 amide bonds. The molecule has 2 saturated heterocycles. The summed E-state index contributed by atoms with van der Waals surface area (Å²) >= 11 is 0. The molecular weight excluding hydrogens is 422 g/mol. The van der Waals surface area contributed by atoms with Crippen LogP contribution in [0.3, 0.4) is 0 Å². The van der Waals surface area contributed by atoms with Crippen LogP contribution in [0, 0.1) is 23.0 Å². The summed E-state index contributed by atoms with van der Waals surface area (Å²) in [5.74, 6) is -0.129. The van der Waals surface area contributed by atoms with Crippen LogP contribution < -0.4 is 0 Å². The van der Waals surface area contributed by atoms with Gasteiger partial charge in [0.25, 0.3) is 5.69 Å². The molecule has 2 aliphatic heterocycles. The topological polar surface area (TPSA) is 110 Å². The van der Waals surface area contributed by atoms with Crippen LogP contribution >= 0.6 is 0 Å². The predicted molar refractivity (Wildman–Crippen MR) is 115 cm³/mol. The number of nitro groups is 1. The van der Waals surface area contributed by atoms with Crippen LogP contribution in [0.5, 0.6) is 0 Å². The number of nitro benzene ring substituents is 1. The number of benzene rings is 1. The molecule has 0 bridgehead atoms. The van der Waals surface area contributed by atoms with E-state index in [1.54, 1.807) is 6.92 Å². The molecule has 172 valence electrons. The van der Waals surface area contributed by atoms with Gasteiger partial charge in [0.05, 0.1) is 15.9 Å². The van der Waals surface area contributed by atoms with Gasteiger partial charge in [0, 0.05) is 50.8 Å². The fourth-order valence-electron chi connectivity index (χ4n) is 4.28. The highest BCUT2D eigenvalue weighted by Gasteiger charge is 2.36. The first kappa shape index (κ1) is 23.6. The Morgan fingerprint density at radius 1 is 1.23 bits per heavy atom. The van der Waals surface area contributed by atoms with Gasteiger partial charge in [-0.2, -0.15) is 4.31 Å². The maximum Gasteiger partial charge on any atom is 0.270 e. The number of ether oxygens (including phenoxy) is 1. The van der Waals surface area contributed by atoms with Gasteiger partial charge in [0.1, 0.15) is 0 Å². The van der Waals surface area contributed by atoms with Gasteiger partial charge >= 0.3 is 0 Å². The Balaban J connectivity index is 1.63. The summed E-state index contributed by atoms with van der Waals surface area (Å²) < 4.78 is 33.4. The summed E-state index contributed by atoms with van der Waals surface area (Å²) in [5, 5.41) is 11.1. The van der Waals surface area contributed by atoms with Crippen molar-refractivity contribution in [1.29, 1.82) is 0 Å². The Hall–Kier alpha value is -2.04. The van der Waals surface area contributed by atoms with Crippen LogP contribution in [0.2, 0.25) is 0 Å². The molecule has 0 aromatic heterocycles. The maximum absolute atomic E-state index is 13.1. The molecule has 1 aromatic rings. The van der Waals surface area contributed by atoms with Crippen molar-refractivity contribution in [1.82, 2.24) is 9.21 Å². The van der Waals surface area contributed by atoms with E-state index in [0.717, 1.165) is 31.9 Å². The molecule has 31 heavy (non-hydrogen) atoms. The maximum atomic E-state index is 13.1. The molecule has 0 aliphatic carbocycles. The van der Waals surface area contributed by atoms with E-state index >= 15 is 0 Å². The first-order valence-electron chi connectivity index (χ1n) is 10.9. The lowest BCUT2D eigenvalue weighted by molar-refractivity contribution is -0.385. The van der Waals surface area contributed by atoms with E-state index in [0.29, 0.717) is 31.6 Å². The van der Waals surface area contributed by atoms with E-state index in [1.807, 2.05) is 4.90 Å². The van der Waals surface area contributed by atoms with Crippen molar-refractivity contribution in [2.24, 2.45) is 5.92 Å². The summed E-state index contributed by atoms with van der Waals surface area (Å²) in [6.07, 6.45) is 3.80. The monoisotopic (exact) mass is 453 g/mol. The lowest BCUT2D eigenvalue weighted by Crippen LogP contribution is -2.48. The highest BCUT2D eigenvalue weighted by atomic mass is 32.2. The number of hydrogen-bond acceptors (Lipinski definition) is 6. The van der Waals surface area contributed by atoms with Gasteiger partial charge in [-0.3, -0.25) is 14.9 Å². The molecule has 2 aliphatic rings. The fraction of sp³-hybridized carbons (Fsp3) is 0.667. The highest BCUT2D eigenvalue weighted by molar-refractivity contribution is 7.89. The molecule has 2 heterocycles. The molecule has 9 nitrogen and oxygen atoms in total. The van der Waals surface area contributed by atoms with Crippen LogP contribution in [-0.4, -0.2) is 67.3 Å². The quantitative estimate of drug-likeness (QED) is 0.464. The predicted octanol–water partition coefficient (Wildman–Crippen LogP) is 2.72. The molecule has 1 unspecified atom stereocenters. The molecule has 1 aromatic carbocycles. The SMILES string of the molecule is CCCOC1CCCN(C(=O)C2CCN(S(=O)(=O)c3cc([N+](=O)[O-])ccc3C)CC2)C1. The molecule has 3 rings (SSSR count). The second kappa shape index (κ2) is 10.1. The zero-order valence-corrected chi connectivity index (χ0v) is 19.0. The third-order valence-electron chi connectivity index (χ3n) is 6.05. The van der Waals surface area contributed by atoms with Crippen molar-refractivity contribution in [3.05, 3.63) is 33.9 Å². The lowest BCUT2D eigenvalue weighted by Gasteiger charge is -2.37. The number of nitrogens with zero attached hydrogens (tertiary/aromatic N) is 3. The molecule has 1 atom stereocenters. The molecule has 0 saturated carbocycles. The third-order valence-corrected chi connectivity index (χ3v) is 8.09. The molecule has 2 fully saturated rings. The number of rotatable bonds is 7. The van der Waals surface area contributed by atoms with E-state index in [9.17, 15) is 23.3 Å². The minimum Gasteiger partial charge on any atom is -0.376 e. The van der Waals surface area contributed by atoms with Gasteiger partial charge in [-0.05, 0) is 44.6 Å². The summed E-state index contributed by atoms with van der Waals surface area (Å²) in [6.45, 7) is 6.15. The van der Waals surface area contributed by atoms with Gasteiger partial charge in [-0.1, -0.05) is 13.0 Å². The number of likely N-dealkylation sites (tertiary alicyclic amines) is 1. The first-order chi connectivity index (χ1) is 14.7. The number of amides is 1. The first-order valence-corrected chi connectivity index (χ1v) is 12.3. The van der Waals surface area contributed by atoms with Gasteiger partial charge < -0.3 is 9.64 Å². The van der Waals surface area contributed by atoms with Crippen LogP contribution in [0.25, 0.3) is 0 Å². The highest BCUT2D eigenvalue weighted by Crippen LogP contribution is 2.29. The number of carbonyl (C=O) groups excluding carboxylic acids is 1. The lowest BCUT2D eigenvalue weighted by atomic mass is 9.95. The van der Waals surface area contributed by atoms with E-state index in [-0.39, 0.29) is 41.6 Å². The fourth-order valence-corrected chi connectivity index (χ4v) is 5.99. The number of sulfonamides is 1. The molecule has 0 N–H and O–H groups in total. The van der Waals surface area contributed by atoms with Crippen molar-refractivity contribution in [2.75, 3.05) is 32.8 Å². The molecule has 0 radical (unpaired) electrons. The Kier molecular flexibility index (Phi) is 7.66. The Bertz CT molecular complexity index is 912. The number of hydrogen-bond donors (Lipinski definition) is 0. The second-order valence-electron chi connectivity index (χ2n) is 8.30. The number of piperidine rings is 2. The largest absolute Gasteiger partial charge is 0.376 e. The average Bonchev–Trinajstić information content (AvgIpc) is 2.77. The standard InChI is InChI=1S/C21H31N3O6S/c1-3-13-30-19-5-4-10-22(15-19)21(25)17-8-11-23(12-9-17)31(28,29)20-14-18(24(26)27)7-6-16(20)2/h6-7,14,17,19H,3-5,8-13,15H2,1-2H3. The number of non-ortho nitro benzene ring substituents is 1. The van der Waals surface area contributed by atoms with E-state index in [4.69, 9.17) is 4.74 Å². The Morgan fingerprint density at radius 3 is 2.58 bits per heavy atom. The third kappa shape index (κ3) is 5.42. The molecular formula is C21H31N3O6S. The van der Waals surface area contributed by atoms with Gasteiger partial charge in [-0.25, -0.2) is 8.42 Å². The Morgan fingerprint density at radius 2 is 1.94 bits per heavy atom. The number of aryl methyl sites for hydroxylation is 1. The van der Waals surface area contributed by atoms with Gasteiger partial charge in [0.2, 0.25) is 15.9 Å². The van der Waals surface area contributed by atoms with E-state index in [2.05, 4.69) is 6.92 Å². The van der Waals surface area contributed by atoms with Crippen molar-refractivity contribution >= 4 is 21.6 Å². The van der Waals surface area contributed by atoms with Crippen LogP contribution in [-0.2, 0) is 19.6 Å². The zero-order chi connectivity index (χ0) is 22.6. The Labute approximate surface area is 183 Å². The van der Waals surface area contributed by atoms with Gasteiger partial charge in [-0.15, -0.1) is 0 Å². The normalized spacial score (nSPS) is 21.2. The van der Waals surface area contributed by atoms with E-state index < -0.39 is 14.9 Å². The smallest absolute Gasteiger partial charge is 0.270 e. The summed E-state index contributed by atoms with van der Waals surface area (Å²) in [5.41, 5.74) is 0.217. The van der Waals surface area contributed by atoms with Crippen LogP contribution in [0.15, 0.2) is 23.1 Å². The summed E-state index contributed by atoms with van der Waals surface area (Å²) in [6, 6.07) is 3.87. The number of carbonyl (C=O) groups is 1. The van der Waals surface area contributed by atoms with E-state index in [1.165, 1.54) is 16.4 Å². The van der Waals surface area contributed by atoms with Crippen molar-refractivity contribution in [3.8, 4) is 0 Å². The minimum atomic E-state index is -3.86. The van der Waals surface area contributed by atoms with Gasteiger partial charge in [0.15, 0.2) is 0 Å². The average molecular weight is 454 g/mol. The van der Waals surface area contributed by atoms with Crippen molar-refractivity contribution in [2.45, 2.75) is 57.0 Å². The summed E-state index contributed by atoms with van der Waals surface area (Å²) in [4.78, 5) is 25.3. The van der Waals surface area contributed by atoms with Crippen LogP contribution in [0.1, 0.15) is 44.6 Å². The van der Waals surface area contributed by atoms with Crippen molar-refractivity contribution in [3.63, 3.8) is 0 Å². The van der Waals surface area contributed by atoms with Crippen molar-refractivity contribution < 1.29 is 22.9 Å². The minimum absolute atomic E-state index is 0.0431. The zero-order valence-electron chi connectivity index (χ0n) is 18.2. The summed E-state index contributed by atoms with van der Waals surface area (Å²) in [7, 11) is -3.86.